The average Bonchev–Trinajstić information content (AvgIpc) is 2.83. The molecule has 104 valence electrons. The molecule has 0 unspecified atom stereocenters. The first kappa shape index (κ1) is 13.8. The minimum Gasteiger partial charge on any atom is -0.465 e. The molecular weight excluding hydrogens is 258 g/mol. The van der Waals surface area contributed by atoms with Gasteiger partial charge in [-0.1, -0.05) is 12.1 Å². The van der Waals surface area contributed by atoms with Gasteiger partial charge in [-0.2, -0.15) is 5.10 Å². The van der Waals surface area contributed by atoms with Gasteiger partial charge in [0.05, 0.1) is 24.6 Å². The van der Waals surface area contributed by atoms with Crippen LogP contribution in [0.25, 0.3) is 0 Å². The number of methoxy groups -OCH3 is 1. The number of anilines is 1. The van der Waals surface area contributed by atoms with Gasteiger partial charge in [-0.3, -0.25) is 9.48 Å². The van der Waals surface area contributed by atoms with Crippen molar-refractivity contribution >= 4 is 17.6 Å². The van der Waals surface area contributed by atoms with Crippen molar-refractivity contribution in [3.63, 3.8) is 0 Å². The Labute approximate surface area is 116 Å². The van der Waals surface area contributed by atoms with E-state index in [0.717, 1.165) is 5.56 Å². The van der Waals surface area contributed by atoms with Gasteiger partial charge in [-0.15, -0.1) is 0 Å². The predicted molar refractivity (Wildman–Crippen MR) is 73.4 cm³/mol. The fourth-order valence-corrected chi connectivity index (χ4v) is 1.77. The molecule has 1 N–H and O–H groups in total. The highest BCUT2D eigenvalue weighted by atomic mass is 16.5. The number of hydrogen-bond donors (Lipinski definition) is 1. The number of aromatic nitrogens is 2. The lowest BCUT2D eigenvalue weighted by molar-refractivity contribution is -0.116. The van der Waals surface area contributed by atoms with Crippen molar-refractivity contribution in [1.82, 2.24) is 9.78 Å². The molecule has 1 amide bonds. The molecule has 0 aliphatic rings. The minimum absolute atomic E-state index is 0.0867. The van der Waals surface area contributed by atoms with E-state index in [1.165, 1.54) is 11.8 Å². The van der Waals surface area contributed by atoms with Crippen molar-refractivity contribution in [2.75, 3.05) is 12.4 Å². The third-order valence-electron chi connectivity index (χ3n) is 2.67. The van der Waals surface area contributed by atoms with E-state index in [0.29, 0.717) is 11.3 Å². The zero-order valence-electron chi connectivity index (χ0n) is 11.3. The smallest absolute Gasteiger partial charge is 0.339 e. The lowest BCUT2D eigenvalue weighted by atomic mass is 10.2. The molecular formula is C14H15N3O3. The Balaban J connectivity index is 2.10. The predicted octanol–water partition coefficient (Wildman–Crippen LogP) is 1.62. The number of ether oxygens (including phenoxy) is 1. The lowest BCUT2D eigenvalue weighted by Crippen LogP contribution is -2.20. The summed E-state index contributed by atoms with van der Waals surface area (Å²) >= 11 is 0. The van der Waals surface area contributed by atoms with Crippen LogP contribution in [-0.4, -0.2) is 28.8 Å². The summed E-state index contributed by atoms with van der Waals surface area (Å²) in [4.78, 5) is 23.5. The summed E-state index contributed by atoms with van der Waals surface area (Å²) < 4.78 is 6.21. The topological polar surface area (TPSA) is 73.2 Å². The molecule has 0 fully saturated rings. The molecule has 20 heavy (non-hydrogen) atoms. The van der Waals surface area contributed by atoms with Gasteiger partial charge in [0.15, 0.2) is 0 Å². The number of benzene rings is 1. The standard InChI is InChI=1S/C14H15N3O3/c1-10-7-15-17(8-10)9-13(18)16-12-6-4-3-5-11(12)14(19)20-2/h3-8H,9H2,1-2H3,(H,16,18). The van der Waals surface area contributed by atoms with Gasteiger partial charge in [0.1, 0.15) is 6.54 Å². The van der Waals surface area contributed by atoms with Crippen molar-refractivity contribution in [3.8, 4) is 0 Å². The monoisotopic (exact) mass is 273 g/mol. The summed E-state index contributed by atoms with van der Waals surface area (Å²) in [6.45, 7) is 1.98. The van der Waals surface area contributed by atoms with Gasteiger partial charge >= 0.3 is 5.97 Å². The molecule has 0 saturated carbocycles. The first-order chi connectivity index (χ1) is 9.60. The summed E-state index contributed by atoms with van der Waals surface area (Å²) in [5.41, 5.74) is 1.72. The van der Waals surface area contributed by atoms with E-state index in [2.05, 4.69) is 15.2 Å². The molecule has 0 atom stereocenters. The fourth-order valence-electron chi connectivity index (χ4n) is 1.77. The van der Waals surface area contributed by atoms with E-state index in [-0.39, 0.29) is 12.5 Å². The molecule has 0 aliphatic heterocycles. The van der Waals surface area contributed by atoms with Crippen LogP contribution >= 0.6 is 0 Å². The molecule has 2 aromatic rings. The van der Waals surface area contributed by atoms with E-state index in [1.807, 2.05) is 6.92 Å². The molecule has 0 radical (unpaired) electrons. The van der Waals surface area contributed by atoms with Gasteiger partial charge in [0.25, 0.3) is 0 Å². The van der Waals surface area contributed by atoms with Gasteiger partial charge < -0.3 is 10.1 Å². The summed E-state index contributed by atoms with van der Waals surface area (Å²) in [6, 6.07) is 6.69. The van der Waals surface area contributed by atoms with E-state index >= 15 is 0 Å². The molecule has 1 aromatic carbocycles. The number of carbonyl (C=O) groups is 2. The lowest BCUT2D eigenvalue weighted by Gasteiger charge is -2.09. The number of aryl methyl sites for hydroxylation is 1. The Bertz CT molecular complexity index is 634. The summed E-state index contributed by atoms with van der Waals surface area (Å²) in [5, 5.41) is 6.72. The van der Waals surface area contributed by atoms with Crippen LogP contribution in [0, 0.1) is 6.92 Å². The normalized spacial score (nSPS) is 10.1. The largest absolute Gasteiger partial charge is 0.465 e. The van der Waals surface area contributed by atoms with E-state index in [1.54, 1.807) is 36.7 Å². The number of para-hydroxylation sites is 1. The SMILES string of the molecule is COC(=O)c1ccccc1NC(=O)Cn1cc(C)cn1. The average molecular weight is 273 g/mol. The van der Waals surface area contributed by atoms with Gasteiger partial charge in [-0.05, 0) is 24.6 Å². The second-order valence-electron chi connectivity index (χ2n) is 4.30. The number of nitrogens with one attached hydrogen (secondary N) is 1. The number of esters is 1. The third-order valence-corrected chi connectivity index (χ3v) is 2.67. The number of amides is 1. The van der Waals surface area contributed by atoms with Crippen LogP contribution in [0.2, 0.25) is 0 Å². The second-order valence-corrected chi connectivity index (χ2v) is 4.30. The molecule has 1 heterocycles. The summed E-state index contributed by atoms with van der Waals surface area (Å²) in [7, 11) is 1.30. The van der Waals surface area contributed by atoms with Gasteiger partial charge in [0.2, 0.25) is 5.91 Å². The van der Waals surface area contributed by atoms with Crippen molar-refractivity contribution in [1.29, 1.82) is 0 Å². The van der Waals surface area contributed by atoms with Crippen LogP contribution in [-0.2, 0) is 16.1 Å². The first-order valence-electron chi connectivity index (χ1n) is 6.06. The van der Waals surface area contributed by atoms with Crippen molar-refractivity contribution in [2.45, 2.75) is 13.5 Å². The molecule has 0 bridgehead atoms. The Morgan fingerprint density at radius 2 is 2.10 bits per heavy atom. The number of nitrogens with zero attached hydrogens (tertiary/aromatic N) is 2. The van der Waals surface area contributed by atoms with Crippen molar-refractivity contribution in [2.24, 2.45) is 0 Å². The molecule has 0 saturated heterocycles. The molecule has 6 nitrogen and oxygen atoms in total. The Morgan fingerprint density at radius 3 is 2.75 bits per heavy atom. The van der Waals surface area contributed by atoms with E-state index in [9.17, 15) is 9.59 Å². The number of carbonyl (C=O) groups excluding carboxylic acids is 2. The zero-order chi connectivity index (χ0) is 14.5. The second kappa shape index (κ2) is 6.01. The fraction of sp³-hybridized carbons (Fsp3) is 0.214. The highest BCUT2D eigenvalue weighted by Crippen LogP contribution is 2.16. The van der Waals surface area contributed by atoms with Gasteiger partial charge in [0, 0.05) is 6.20 Å². The van der Waals surface area contributed by atoms with E-state index in [4.69, 9.17) is 0 Å². The van der Waals surface area contributed by atoms with Crippen LogP contribution < -0.4 is 5.32 Å². The quantitative estimate of drug-likeness (QED) is 0.859. The maximum atomic E-state index is 11.9. The van der Waals surface area contributed by atoms with Gasteiger partial charge in [-0.25, -0.2) is 4.79 Å². The van der Waals surface area contributed by atoms with E-state index < -0.39 is 5.97 Å². The Kier molecular flexibility index (Phi) is 4.14. The van der Waals surface area contributed by atoms with Crippen LogP contribution in [0.5, 0.6) is 0 Å². The van der Waals surface area contributed by atoms with Crippen LogP contribution in [0.3, 0.4) is 0 Å². The minimum atomic E-state index is -0.490. The summed E-state index contributed by atoms with van der Waals surface area (Å²) in [5.74, 6) is -0.750. The highest BCUT2D eigenvalue weighted by molar-refractivity contribution is 6.01. The maximum Gasteiger partial charge on any atom is 0.339 e. The molecule has 0 aliphatic carbocycles. The molecule has 6 heteroatoms. The van der Waals surface area contributed by atoms with Crippen molar-refractivity contribution in [3.05, 3.63) is 47.8 Å². The maximum absolute atomic E-state index is 11.9. The number of rotatable bonds is 4. The Hall–Kier alpha value is -2.63. The molecule has 2 rings (SSSR count). The highest BCUT2D eigenvalue weighted by Gasteiger charge is 2.13. The van der Waals surface area contributed by atoms with Crippen molar-refractivity contribution < 1.29 is 14.3 Å². The Morgan fingerprint density at radius 1 is 1.35 bits per heavy atom. The molecule has 1 aromatic heterocycles. The van der Waals surface area contributed by atoms with Crippen LogP contribution in [0.15, 0.2) is 36.7 Å². The van der Waals surface area contributed by atoms with Crippen LogP contribution in [0.4, 0.5) is 5.69 Å². The summed E-state index contributed by atoms with van der Waals surface area (Å²) in [6.07, 6.45) is 3.45. The van der Waals surface area contributed by atoms with Crippen LogP contribution in [0.1, 0.15) is 15.9 Å². The zero-order valence-corrected chi connectivity index (χ0v) is 11.3. The number of hydrogen-bond acceptors (Lipinski definition) is 4. The molecule has 0 spiro atoms. The third kappa shape index (κ3) is 3.23. The first-order valence-corrected chi connectivity index (χ1v) is 6.06.